The van der Waals surface area contributed by atoms with Crippen molar-refractivity contribution in [2.75, 3.05) is 99.5 Å². The maximum atomic E-state index is 11.9. The van der Waals surface area contributed by atoms with E-state index in [2.05, 4.69) is 21.9 Å². The Morgan fingerprint density at radius 3 is 1.61 bits per heavy atom. The van der Waals surface area contributed by atoms with Gasteiger partial charge >= 0.3 is 12.1 Å². The van der Waals surface area contributed by atoms with Crippen molar-refractivity contribution in [3.8, 4) is 11.8 Å². The molecule has 11 heteroatoms. The molecule has 38 heavy (non-hydrogen) atoms. The Labute approximate surface area is 226 Å². The molecular weight excluding hydrogens is 498 g/mol. The Morgan fingerprint density at radius 2 is 1.13 bits per heavy atom. The van der Waals surface area contributed by atoms with Crippen LogP contribution in [0.5, 0.6) is 0 Å². The van der Waals surface area contributed by atoms with Crippen LogP contribution < -0.4 is 5.32 Å². The van der Waals surface area contributed by atoms with Crippen molar-refractivity contribution in [3.05, 3.63) is 0 Å². The predicted molar refractivity (Wildman–Crippen MR) is 138 cm³/mol. The molecule has 0 spiro atoms. The number of hydrogen-bond donors (Lipinski definition) is 1. The molecule has 2 aliphatic rings. The Hall–Kier alpha value is -1.94. The minimum Gasteiger partial charge on any atom is -0.469 e. The first-order valence-electron chi connectivity index (χ1n) is 13.6. The number of carbonyl (C=O) groups excluding carboxylic acids is 2. The molecule has 3 atom stereocenters. The van der Waals surface area contributed by atoms with Gasteiger partial charge in [0.25, 0.3) is 0 Å². The fourth-order valence-electron chi connectivity index (χ4n) is 4.19. The van der Waals surface area contributed by atoms with Gasteiger partial charge in [0, 0.05) is 19.4 Å². The third kappa shape index (κ3) is 16.1. The van der Waals surface area contributed by atoms with Crippen LogP contribution in [0, 0.1) is 29.6 Å². The summed E-state index contributed by atoms with van der Waals surface area (Å²) in [5, 5.41) is 2.72. The molecule has 218 valence electrons. The second-order valence-electron chi connectivity index (χ2n) is 8.95. The Balaban J connectivity index is 1.22. The van der Waals surface area contributed by atoms with Gasteiger partial charge in [0.1, 0.15) is 0 Å². The van der Waals surface area contributed by atoms with Crippen LogP contribution in [0.15, 0.2) is 0 Å². The first kappa shape index (κ1) is 32.3. The van der Waals surface area contributed by atoms with Crippen molar-refractivity contribution >= 4 is 12.1 Å². The van der Waals surface area contributed by atoms with Crippen molar-refractivity contribution in [2.45, 2.75) is 32.1 Å². The number of alkyl carbamates (subject to hydrolysis) is 1. The average Bonchev–Trinajstić information content (AvgIpc) is 3.56. The zero-order valence-corrected chi connectivity index (χ0v) is 22.7. The predicted octanol–water partition coefficient (Wildman–Crippen LogP) is 1.81. The van der Waals surface area contributed by atoms with Crippen molar-refractivity contribution in [1.29, 1.82) is 0 Å². The second-order valence-corrected chi connectivity index (χ2v) is 8.95. The van der Waals surface area contributed by atoms with Crippen molar-refractivity contribution in [3.63, 3.8) is 0 Å². The van der Waals surface area contributed by atoms with Crippen LogP contribution >= 0.6 is 0 Å². The van der Waals surface area contributed by atoms with Crippen LogP contribution in [0.1, 0.15) is 32.1 Å². The van der Waals surface area contributed by atoms with E-state index in [9.17, 15) is 9.59 Å². The van der Waals surface area contributed by atoms with E-state index in [0.29, 0.717) is 110 Å². The number of carbonyl (C=O) groups is 2. The van der Waals surface area contributed by atoms with Gasteiger partial charge in [-0.15, -0.1) is 11.8 Å². The van der Waals surface area contributed by atoms with Gasteiger partial charge in [0.05, 0.1) is 99.4 Å². The highest BCUT2D eigenvalue weighted by atomic mass is 16.6. The fraction of sp³-hybridized carbons (Fsp3) is 0.852. The summed E-state index contributed by atoms with van der Waals surface area (Å²) in [6.45, 7) is 6.28. The lowest BCUT2D eigenvalue weighted by molar-refractivity contribution is -0.141. The zero-order chi connectivity index (χ0) is 27.1. The standard InChI is InChI=1S/C27H45NO10/c1-31-26(29)8-10-32-12-14-34-16-18-36-20-21-37-19-17-35-15-13-33-11-9-28-27(30)38-22-25-23-6-4-2-3-5-7-24(23)25/h23-25H,4-22H2,1H3,(H,28,30)/t23-,24+,25+. The molecule has 11 nitrogen and oxygen atoms in total. The monoisotopic (exact) mass is 543 g/mol. The largest absolute Gasteiger partial charge is 0.469 e. The summed E-state index contributed by atoms with van der Waals surface area (Å²) in [5.41, 5.74) is 0. The second kappa shape index (κ2) is 21.9. The topological polar surface area (TPSA) is 120 Å². The summed E-state index contributed by atoms with van der Waals surface area (Å²) in [6.07, 6.45) is 4.04. The van der Waals surface area contributed by atoms with E-state index in [1.807, 2.05) is 0 Å². The molecule has 1 saturated carbocycles. The van der Waals surface area contributed by atoms with Gasteiger partial charge in [0.2, 0.25) is 0 Å². The van der Waals surface area contributed by atoms with Gasteiger partial charge in [-0.25, -0.2) is 4.79 Å². The molecule has 0 bridgehead atoms. The average molecular weight is 544 g/mol. The lowest BCUT2D eigenvalue weighted by atomic mass is 10.1. The summed E-state index contributed by atoms with van der Waals surface area (Å²) < 4.78 is 42.2. The van der Waals surface area contributed by atoms with E-state index < -0.39 is 0 Å². The van der Waals surface area contributed by atoms with Gasteiger partial charge in [0.15, 0.2) is 0 Å². The summed E-state index contributed by atoms with van der Waals surface area (Å²) in [7, 11) is 1.35. The van der Waals surface area contributed by atoms with E-state index in [4.69, 9.17) is 33.2 Å². The highest BCUT2D eigenvalue weighted by Crippen LogP contribution is 2.52. The van der Waals surface area contributed by atoms with E-state index in [1.165, 1.54) is 7.11 Å². The molecule has 1 N–H and O–H groups in total. The van der Waals surface area contributed by atoms with E-state index in [0.717, 1.165) is 25.7 Å². The first-order valence-corrected chi connectivity index (χ1v) is 13.6. The van der Waals surface area contributed by atoms with Gasteiger partial charge in [-0.3, -0.25) is 4.79 Å². The summed E-state index contributed by atoms with van der Waals surface area (Å²) in [6, 6.07) is 0. The number of nitrogens with one attached hydrogen (secondary N) is 1. The minimum atomic E-state index is -0.382. The fourth-order valence-corrected chi connectivity index (χ4v) is 4.19. The van der Waals surface area contributed by atoms with Crippen LogP contribution in [-0.2, 0) is 42.7 Å². The minimum absolute atomic E-state index is 0.244. The normalized spacial score (nSPS) is 19.9. The molecule has 0 unspecified atom stereocenters. The number of hydrogen-bond acceptors (Lipinski definition) is 10. The van der Waals surface area contributed by atoms with Gasteiger partial charge in [-0.1, -0.05) is 0 Å². The lowest BCUT2D eigenvalue weighted by Crippen LogP contribution is -2.29. The van der Waals surface area contributed by atoms with Gasteiger partial charge < -0.3 is 43.2 Å². The molecule has 0 aliphatic heterocycles. The molecular formula is C27H45NO10. The smallest absolute Gasteiger partial charge is 0.407 e. The third-order valence-corrected chi connectivity index (χ3v) is 6.30. The van der Waals surface area contributed by atoms with E-state index in [1.54, 1.807) is 0 Å². The summed E-state index contributed by atoms with van der Waals surface area (Å²) >= 11 is 0. The maximum absolute atomic E-state index is 11.9. The zero-order valence-electron chi connectivity index (χ0n) is 22.7. The molecule has 0 aromatic carbocycles. The van der Waals surface area contributed by atoms with Gasteiger partial charge in [-0.2, -0.15) is 0 Å². The number of ether oxygens (including phenoxy) is 8. The molecule has 2 rings (SSSR count). The molecule has 0 aromatic heterocycles. The lowest BCUT2D eigenvalue weighted by Gasteiger charge is -2.09. The maximum Gasteiger partial charge on any atom is 0.407 e. The van der Waals surface area contributed by atoms with Crippen LogP contribution in [-0.4, -0.2) is 112 Å². The number of methoxy groups -OCH3 is 1. The number of rotatable bonds is 23. The molecule has 0 saturated heterocycles. The molecule has 0 aromatic rings. The van der Waals surface area contributed by atoms with E-state index >= 15 is 0 Å². The van der Waals surface area contributed by atoms with Crippen molar-refractivity contribution in [1.82, 2.24) is 5.32 Å². The first-order chi connectivity index (χ1) is 18.7. The quantitative estimate of drug-likeness (QED) is 0.116. The van der Waals surface area contributed by atoms with Gasteiger partial charge in [-0.05, 0) is 30.6 Å². The third-order valence-electron chi connectivity index (χ3n) is 6.30. The molecule has 1 amide bonds. The molecule has 1 fully saturated rings. The van der Waals surface area contributed by atoms with Crippen molar-refractivity contribution in [2.24, 2.45) is 17.8 Å². The highest BCUT2D eigenvalue weighted by molar-refractivity contribution is 5.69. The Bertz CT molecular complexity index is 677. The number of fused-ring (bicyclic) bond motifs is 1. The van der Waals surface area contributed by atoms with Crippen LogP contribution in [0.3, 0.4) is 0 Å². The van der Waals surface area contributed by atoms with E-state index in [-0.39, 0.29) is 18.5 Å². The van der Waals surface area contributed by atoms with Crippen molar-refractivity contribution < 1.29 is 47.5 Å². The molecule has 0 radical (unpaired) electrons. The number of amides is 1. The number of esters is 1. The van der Waals surface area contributed by atoms with Crippen LogP contribution in [0.25, 0.3) is 0 Å². The SMILES string of the molecule is COC(=O)CCOCCOCCOCCOCCOCCOCCNC(=O)OC[C@H]1[C@@H]2CCC#CCC[C@@H]21. The molecule has 2 aliphatic carbocycles. The Kier molecular flexibility index (Phi) is 18.6. The van der Waals surface area contributed by atoms with Crippen LogP contribution in [0.2, 0.25) is 0 Å². The van der Waals surface area contributed by atoms with Crippen LogP contribution in [0.4, 0.5) is 4.79 Å². The molecule has 0 heterocycles. The summed E-state index contributed by atoms with van der Waals surface area (Å²) in [4.78, 5) is 22.8. The summed E-state index contributed by atoms with van der Waals surface area (Å²) in [5.74, 6) is 7.95. The Morgan fingerprint density at radius 1 is 0.684 bits per heavy atom. The highest BCUT2D eigenvalue weighted by Gasteiger charge is 2.49.